The van der Waals surface area contributed by atoms with Gasteiger partial charge < -0.3 is 19.7 Å². The van der Waals surface area contributed by atoms with Gasteiger partial charge >= 0.3 is 0 Å². The van der Waals surface area contributed by atoms with Crippen LogP contribution in [0.1, 0.15) is 32.6 Å². The molecule has 0 aliphatic carbocycles. The Bertz CT molecular complexity index is 329. The fourth-order valence-corrected chi connectivity index (χ4v) is 3.48. The van der Waals surface area contributed by atoms with E-state index in [1.807, 2.05) is 4.90 Å². The Labute approximate surface area is 127 Å². The lowest BCUT2D eigenvalue weighted by Crippen LogP contribution is -2.52. The number of nitrogens with zero attached hydrogens (tertiary/aromatic N) is 1. The highest BCUT2D eigenvalue weighted by Gasteiger charge is 2.34. The molecule has 3 unspecified atom stereocenters. The van der Waals surface area contributed by atoms with Crippen molar-refractivity contribution in [1.29, 1.82) is 0 Å². The van der Waals surface area contributed by atoms with Crippen LogP contribution in [0.25, 0.3) is 0 Å². The maximum absolute atomic E-state index is 12.8. The maximum Gasteiger partial charge on any atom is 0.225 e. The van der Waals surface area contributed by atoms with E-state index in [-0.39, 0.29) is 24.0 Å². The summed E-state index contributed by atoms with van der Waals surface area (Å²) in [7, 11) is 0. The SMILES string of the molecule is CC(C(=O)N(CC1CCCO1)CC1CCCO1)C1CNC1. The van der Waals surface area contributed by atoms with Crippen molar-refractivity contribution in [2.45, 2.75) is 44.8 Å². The van der Waals surface area contributed by atoms with Crippen molar-refractivity contribution in [2.24, 2.45) is 11.8 Å². The molecule has 120 valence electrons. The molecule has 3 atom stereocenters. The van der Waals surface area contributed by atoms with E-state index in [1.54, 1.807) is 0 Å². The summed E-state index contributed by atoms with van der Waals surface area (Å²) in [5.74, 6) is 0.885. The molecule has 3 rings (SSSR count). The van der Waals surface area contributed by atoms with Gasteiger partial charge in [0.15, 0.2) is 0 Å². The quantitative estimate of drug-likeness (QED) is 0.795. The first-order valence-electron chi connectivity index (χ1n) is 8.46. The summed E-state index contributed by atoms with van der Waals surface area (Å²) in [4.78, 5) is 14.9. The number of nitrogens with one attached hydrogen (secondary N) is 1. The average molecular weight is 296 g/mol. The standard InChI is InChI=1S/C16H28N2O3/c1-12(13-8-17-9-13)16(19)18(10-14-4-2-6-20-14)11-15-5-3-7-21-15/h12-15,17H,2-11H2,1H3. The number of carbonyl (C=O) groups excluding carboxylic acids is 1. The van der Waals surface area contributed by atoms with E-state index in [2.05, 4.69) is 12.2 Å². The molecule has 0 spiro atoms. The highest BCUT2D eigenvalue weighted by Crippen LogP contribution is 2.22. The van der Waals surface area contributed by atoms with Gasteiger partial charge in [-0.25, -0.2) is 0 Å². The molecule has 0 aromatic carbocycles. The number of amides is 1. The molecule has 3 aliphatic rings. The minimum atomic E-state index is 0.106. The number of hydrogen-bond acceptors (Lipinski definition) is 4. The smallest absolute Gasteiger partial charge is 0.225 e. The van der Waals surface area contributed by atoms with E-state index in [0.29, 0.717) is 5.92 Å². The third-order valence-electron chi connectivity index (χ3n) is 5.12. The van der Waals surface area contributed by atoms with E-state index in [0.717, 1.165) is 65.1 Å². The molecule has 21 heavy (non-hydrogen) atoms. The van der Waals surface area contributed by atoms with Crippen LogP contribution in [0.4, 0.5) is 0 Å². The lowest BCUT2D eigenvalue weighted by molar-refractivity contribution is -0.140. The lowest BCUT2D eigenvalue weighted by atomic mass is 9.87. The van der Waals surface area contributed by atoms with Gasteiger partial charge in [0, 0.05) is 32.2 Å². The second kappa shape index (κ2) is 7.07. The van der Waals surface area contributed by atoms with Gasteiger partial charge in [0.25, 0.3) is 0 Å². The van der Waals surface area contributed by atoms with Crippen molar-refractivity contribution in [3.05, 3.63) is 0 Å². The van der Waals surface area contributed by atoms with E-state index < -0.39 is 0 Å². The first-order valence-corrected chi connectivity index (χ1v) is 8.46. The lowest BCUT2D eigenvalue weighted by Gasteiger charge is -2.36. The summed E-state index contributed by atoms with van der Waals surface area (Å²) in [6, 6.07) is 0. The molecule has 3 heterocycles. The molecule has 0 aromatic heterocycles. The molecule has 3 aliphatic heterocycles. The highest BCUT2D eigenvalue weighted by molar-refractivity contribution is 5.79. The Hall–Kier alpha value is -0.650. The van der Waals surface area contributed by atoms with Crippen molar-refractivity contribution in [1.82, 2.24) is 10.2 Å². The zero-order valence-electron chi connectivity index (χ0n) is 13.1. The Kier molecular flexibility index (Phi) is 5.14. The molecule has 3 fully saturated rings. The molecule has 5 heteroatoms. The Morgan fingerprint density at radius 2 is 1.71 bits per heavy atom. The van der Waals surface area contributed by atoms with E-state index in [1.165, 1.54) is 0 Å². The van der Waals surface area contributed by atoms with Crippen LogP contribution in [0.2, 0.25) is 0 Å². The molecule has 0 bridgehead atoms. The van der Waals surface area contributed by atoms with Crippen LogP contribution >= 0.6 is 0 Å². The molecule has 0 aromatic rings. The van der Waals surface area contributed by atoms with Crippen LogP contribution in [0.5, 0.6) is 0 Å². The zero-order valence-corrected chi connectivity index (χ0v) is 13.1. The molecular weight excluding hydrogens is 268 g/mol. The van der Waals surface area contributed by atoms with Crippen molar-refractivity contribution >= 4 is 5.91 Å². The maximum atomic E-state index is 12.8. The zero-order chi connectivity index (χ0) is 14.7. The van der Waals surface area contributed by atoms with Crippen LogP contribution in [0, 0.1) is 11.8 Å². The summed E-state index contributed by atoms with van der Waals surface area (Å²) >= 11 is 0. The largest absolute Gasteiger partial charge is 0.376 e. The molecule has 0 saturated carbocycles. The number of ether oxygens (including phenoxy) is 2. The number of carbonyl (C=O) groups is 1. The minimum absolute atomic E-state index is 0.106. The Morgan fingerprint density at radius 3 is 2.10 bits per heavy atom. The van der Waals surface area contributed by atoms with E-state index in [9.17, 15) is 4.79 Å². The van der Waals surface area contributed by atoms with E-state index >= 15 is 0 Å². The predicted octanol–water partition coefficient (Wildman–Crippen LogP) is 1.03. The monoisotopic (exact) mass is 296 g/mol. The normalized spacial score (nSPS) is 31.1. The summed E-state index contributed by atoms with van der Waals surface area (Å²) in [6.07, 6.45) is 4.84. The minimum Gasteiger partial charge on any atom is -0.376 e. The topological polar surface area (TPSA) is 50.8 Å². The van der Waals surface area contributed by atoms with Gasteiger partial charge in [-0.2, -0.15) is 0 Å². The van der Waals surface area contributed by atoms with Crippen molar-refractivity contribution in [3.63, 3.8) is 0 Å². The fraction of sp³-hybridized carbons (Fsp3) is 0.938. The van der Waals surface area contributed by atoms with E-state index in [4.69, 9.17) is 9.47 Å². The summed E-state index contributed by atoms with van der Waals surface area (Å²) in [5.41, 5.74) is 0. The van der Waals surface area contributed by atoms with Crippen molar-refractivity contribution in [3.8, 4) is 0 Å². The number of rotatable bonds is 6. The van der Waals surface area contributed by atoms with Crippen LogP contribution < -0.4 is 5.32 Å². The third-order valence-corrected chi connectivity index (χ3v) is 5.12. The van der Waals surface area contributed by atoms with Crippen LogP contribution in [0.3, 0.4) is 0 Å². The van der Waals surface area contributed by atoms with Crippen molar-refractivity contribution in [2.75, 3.05) is 39.4 Å². The first kappa shape index (κ1) is 15.3. The summed E-state index contributed by atoms with van der Waals surface area (Å²) < 4.78 is 11.5. The van der Waals surface area contributed by atoms with Crippen LogP contribution in [0.15, 0.2) is 0 Å². The van der Waals surface area contributed by atoms with Crippen molar-refractivity contribution < 1.29 is 14.3 Å². The Morgan fingerprint density at radius 1 is 1.14 bits per heavy atom. The molecule has 5 nitrogen and oxygen atoms in total. The van der Waals surface area contributed by atoms with Gasteiger partial charge in [-0.05, 0) is 44.7 Å². The highest BCUT2D eigenvalue weighted by atomic mass is 16.5. The third kappa shape index (κ3) is 3.76. The second-order valence-electron chi connectivity index (χ2n) is 6.72. The fourth-order valence-electron chi connectivity index (χ4n) is 3.48. The van der Waals surface area contributed by atoms with Gasteiger partial charge in [-0.15, -0.1) is 0 Å². The second-order valence-corrected chi connectivity index (χ2v) is 6.72. The Balaban J connectivity index is 1.59. The molecular formula is C16H28N2O3. The van der Waals surface area contributed by atoms with Crippen LogP contribution in [-0.2, 0) is 14.3 Å². The van der Waals surface area contributed by atoms with Gasteiger partial charge in [0.2, 0.25) is 5.91 Å². The van der Waals surface area contributed by atoms with Crippen LogP contribution in [-0.4, -0.2) is 62.4 Å². The van der Waals surface area contributed by atoms with Gasteiger partial charge in [-0.1, -0.05) is 6.92 Å². The predicted molar refractivity (Wildman–Crippen MR) is 80.1 cm³/mol. The molecule has 0 radical (unpaired) electrons. The first-order chi connectivity index (χ1) is 10.2. The van der Waals surface area contributed by atoms with Gasteiger partial charge in [0.1, 0.15) is 0 Å². The summed E-state index contributed by atoms with van der Waals surface area (Å²) in [5, 5.41) is 3.26. The molecule has 1 N–H and O–H groups in total. The number of hydrogen-bond donors (Lipinski definition) is 1. The molecule has 1 amide bonds. The molecule has 3 saturated heterocycles. The van der Waals surface area contributed by atoms with Gasteiger partial charge in [-0.3, -0.25) is 4.79 Å². The summed E-state index contributed by atoms with van der Waals surface area (Å²) in [6.45, 7) is 7.18. The average Bonchev–Trinajstić information content (AvgIpc) is 3.08. The van der Waals surface area contributed by atoms with Gasteiger partial charge in [0.05, 0.1) is 12.2 Å².